The molecule has 2 heterocycles. The van der Waals surface area contributed by atoms with E-state index in [2.05, 4.69) is 24.4 Å². The molecular weight excluding hydrogens is 266 g/mol. The lowest BCUT2D eigenvalue weighted by atomic mass is 10.0. The Balaban J connectivity index is 1.47. The molecule has 0 radical (unpaired) electrons. The molecular formula is C17H25NO3. The summed E-state index contributed by atoms with van der Waals surface area (Å²) in [5.41, 5.74) is 1.30. The molecule has 0 bridgehead atoms. The van der Waals surface area contributed by atoms with Crippen molar-refractivity contribution in [2.24, 2.45) is 0 Å². The quantitative estimate of drug-likeness (QED) is 0.905. The Morgan fingerprint density at radius 1 is 1.14 bits per heavy atom. The van der Waals surface area contributed by atoms with E-state index in [1.807, 2.05) is 6.07 Å². The molecule has 21 heavy (non-hydrogen) atoms. The standard InChI is InChI=1S/C17H25NO3/c1-2-15-12-14(6-8-19-15)18-7-5-13-3-4-16-17(11-13)21-10-9-20-16/h3-4,11,14-15,18H,2,5-10,12H2,1H3. The summed E-state index contributed by atoms with van der Waals surface area (Å²) in [6.07, 6.45) is 4.82. The smallest absolute Gasteiger partial charge is 0.161 e. The van der Waals surface area contributed by atoms with Crippen molar-refractivity contribution >= 4 is 0 Å². The summed E-state index contributed by atoms with van der Waals surface area (Å²) in [5, 5.41) is 3.66. The molecule has 2 aliphatic heterocycles. The van der Waals surface area contributed by atoms with E-state index in [1.165, 1.54) is 5.56 Å². The highest BCUT2D eigenvalue weighted by molar-refractivity contribution is 5.43. The summed E-state index contributed by atoms with van der Waals surface area (Å²) >= 11 is 0. The van der Waals surface area contributed by atoms with Gasteiger partial charge < -0.3 is 19.5 Å². The van der Waals surface area contributed by atoms with Crippen LogP contribution >= 0.6 is 0 Å². The number of nitrogens with one attached hydrogen (secondary N) is 1. The van der Waals surface area contributed by atoms with Gasteiger partial charge in [0.2, 0.25) is 0 Å². The summed E-state index contributed by atoms with van der Waals surface area (Å²) in [6, 6.07) is 6.86. The lowest BCUT2D eigenvalue weighted by Gasteiger charge is -2.29. The Morgan fingerprint density at radius 3 is 2.86 bits per heavy atom. The van der Waals surface area contributed by atoms with Crippen LogP contribution in [0.2, 0.25) is 0 Å². The van der Waals surface area contributed by atoms with E-state index in [0.717, 1.165) is 50.3 Å². The van der Waals surface area contributed by atoms with Crippen LogP contribution in [0.4, 0.5) is 0 Å². The number of rotatable bonds is 5. The third-order valence-electron chi connectivity index (χ3n) is 4.28. The van der Waals surface area contributed by atoms with Gasteiger partial charge in [0, 0.05) is 12.6 Å². The van der Waals surface area contributed by atoms with E-state index in [1.54, 1.807) is 0 Å². The van der Waals surface area contributed by atoms with Gasteiger partial charge in [-0.2, -0.15) is 0 Å². The maximum Gasteiger partial charge on any atom is 0.161 e. The van der Waals surface area contributed by atoms with Gasteiger partial charge in [-0.05, 0) is 49.9 Å². The monoisotopic (exact) mass is 291 g/mol. The topological polar surface area (TPSA) is 39.7 Å². The molecule has 0 aromatic heterocycles. The predicted octanol–water partition coefficient (Wildman–Crippen LogP) is 2.55. The molecule has 0 aliphatic carbocycles. The van der Waals surface area contributed by atoms with Crippen LogP contribution in [0, 0.1) is 0 Å². The summed E-state index contributed by atoms with van der Waals surface area (Å²) in [6.45, 7) is 5.38. The van der Waals surface area contributed by atoms with Crippen molar-refractivity contribution in [2.45, 2.75) is 44.8 Å². The second-order valence-corrected chi connectivity index (χ2v) is 5.80. The predicted molar refractivity (Wildman–Crippen MR) is 82.2 cm³/mol. The molecule has 4 heteroatoms. The first-order valence-electron chi connectivity index (χ1n) is 8.08. The van der Waals surface area contributed by atoms with Crippen molar-refractivity contribution in [1.82, 2.24) is 5.32 Å². The molecule has 4 nitrogen and oxygen atoms in total. The fraction of sp³-hybridized carbons (Fsp3) is 0.647. The van der Waals surface area contributed by atoms with Gasteiger partial charge in [0.05, 0.1) is 6.10 Å². The first kappa shape index (κ1) is 14.7. The maximum atomic E-state index is 5.71. The second kappa shape index (κ2) is 7.14. The first-order chi connectivity index (χ1) is 10.3. The van der Waals surface area contributed by atoms with Gasteiger partial charge in [0.15, 0.2) is 11.5 Å². The van der Waals surface area contributed by atoms with Crippen molar-refractivity contribution in [2.75, 3.05) is 26.4 Å². The lowest BCUT2D eigenvalue weighted by Crippen LogP contribution is -2.39. The summed E-state index contributed by atoms with van der Waals surface area (Å²) < 4.78 is 16.9. The van der Waals surface area contributed by atoms with Crippen LogP contribution in [0.15, 0.2) is 18.2 Å². The van der Waals surface area contributed by atoms with Crippen molar-refractivity contribution in [3.05, 3.63) is 23.8 Å². The van der Waals surface area contributed by atoms with Crippen molar-refractivity contribution < 1.29 is 14.2 Å². The van der Waals surface area contributed by atoms with Gasteiger partial charge in [0.1, 0.15) is 13.2 Å². The molecule has 1 aromatic carbocycles. The average Bonchev–Trinajstić information content (AvgIpc) is 2.55. The molecule has 1 saturated heterocycles. The number of ether oxygens (including phenoxy) is 3. The summed E-state index contributed by atoms with van der Waals surface area (Å²) in [7, 11) is 0. The first-order valence-corrected chi connectivity index (χ1v) is 8.08. The molecule has 2 unspecified atom stereocenters. The Morgan fingerprint density at radius 2 is 2.00 bits per heavy atom. The van der Waals surface area contributed by atoms with Crippen LogP contribution in [-0.2, 0) is 11.2 Å². The minimum atomic E-state index is 0.436. The molecule has 0 saturated carbocycles. The lowest BCUT2D eigenvalue weighted by molar-refractivity contribution is 0.000115. The van der Waals surface area contributed by atoms with Crippen molar-refractivity contribution in [1.29, 1.82) is 0 Å². The van der Waals surface area contributed by atoms with Crippen LogP contribution in [0.1, 0.15) is 31.7 Å². The Hall–Kier alpha value is -1.26. The highest BCUT2D eigenvalue weighted by Crippen LogP contribution is 2.30. The van der Waals surface area contributed by atoms with Crippen LogP contribution in [-0.4, -0.2) is 38.5 Å². The van der Waals surface area contributed by atoms with Crippen LogP contribution in [0.3, 0.4) is 0 Å². The summed E-state index contributed by atoms with van der Waals surface area (Å²) in [4.78, 5) is 0. The van der Waals surface area contributed by atoms with Crippen LogP contribution in [0.25, 0.3) is 0 Å². The SMILES string of the molecule is CCC1CC(NCCc2ccc3c(c2)OCCO3)CCO1. The maximum absolute atomic E-state index is 5.71. The van der Waals surface area contributed by atoms with Crippen molar-refractivity contribution in [3.63, 3.8) is 0 Å². The molecule has 0 spiro atoms. The number of benzene rings is 1. The van der Waals surface area contributed by atoms with Gasteiger partial charge in [-0.1, -0.05) is 13.0 Å². The molecule has 0 amide bonds. The molecule has 3 rings (SSSR count). The minimum Gasteiger partial charge on any atom is -0.486 e. The highest BCUT2D eigenvalue weighted by atomic mass is 16.6. The number of fused-ring (bicyclic) bond motifs is 1. The second-order valence-electron chi connectivity index (χ2n) is 5.80. The average molecular weight is 291 g/mol. The zero-order valence-corrected chi connectivity index (χ0v) is 12.8. The Bertz CT molecular complexity index is 463. The third-order valence-corrected chi connectivity index (χ3v) is 4.28. The van der Waals surface area contributed by atoms with E-state index in [-0.39, 0.29) is 0 Å². The highest BCUT2D eigenvalue weighted by Gasteiger charge is 2.20. The number of hydrogen-bond donors (Lipinski definition) is 1. The molecule has 1 aromatic rings. The molecule has 1 N–H and O–H groups in total. The van der Waals surface area contributed by atoms with Crippen LogP contribution < -0.4 is 14.8 Å². The zero-order valence-electron chi connectivity index (χ0n) is 12.8. The molecule has 116 valence electrons. The molecule has 1 fully saturated rings. The van der Waals surface area contributed by atoms with E-state index in [9.17, 15) is 0 Å². The number of hydrogen-bond acceptors (Lipinski definition) is 4. The van der Waals surface area contributed by atoms with E-state index >= 15 is 0 Å². The fourth-order valence-electron chi connectivity index (χ4n) is 3.01. The third kappa shape index (κ3) is 3.89. The van der Waals surface area contributed by atoms with Crippen molar-refractivity contribution in [3.8, 4) is 11.5 Å². The minimum absolute atomic E-state index is 0.436. The van der Waals surface area contributed by atoms with Gasteiger partial charge in [-0.3, -0.25) is 0 Å². The van der Waals surface area contributed by atoms with E-state index in [0.29, 0.717) is 25.4 Å². The molecule has 2 atom stereocenters. The van der Waals surface area contributed by atoms with Gasteiger partial charge in [-0.25, -0.2) is 0 Å². The summed E-state index contributed by atoms with van der Waals surface area (Å²) in [5.74, 6) is 1.75. The Labute approximate surface area is 126 Å². The largest absolute Gasteiger partial charge is 0.486 e. The van der Waals surface area contributed by atoms with E-state index in [4.69, 9.17) is 14.2 Å². The van der Waals surface area contributed by atoms with Gasteiger partial charge in [0.25, 0.3) is 0 Å². The fourth-order valence-corrected chi connectivity index (χ4v) is 3.01. The van der Waals surface area contributed by atoms with Gasteiger partial charge in [-0.15, -0.1) is 0 Å². The Kier molecular flexibility index (Phi) is 4.99. The molecule has 2 aliphatic rings. The normalized spacial score (nSPS) is 24.8. The zero-order chi connectivity index (χ0) is 14.5. The van der Waals surface area contributed by atoms with E-state index < -0.39 is 0 Å². The van der Waals surface area contributed by atoms with Gasteiger partial charge >= 0.3 is 0 Å². The van der Waals surface area contributed by atoms with Crippen LogP contribution in [0.5, 0.6) is 11.5 Å².